The molecule has 0 saturated carbocycles. The van der Waals surface area contributed by atoms with E-state index in [0.29, 0.717) is 5.75 Å². The third-order valence-corrected chi connectivity index (χ3v) is 4.96. The van der Waals surface area contributed by atoms with Crippen LogP contribution in [-0.2, 0) is 4.79 Å². The number of carbonyl (C=O) groups is 1. The third kappa shape index (κ3) is 5.61. The van der Waals surface area contributed by atoms with Gasteiger partial charge in [-0.3, -0.25) is 9.78 Å². The number of carbonyl (C=O) groups excluding carboxylic acids is 1. The Kier molecular flexibility index (Phi) is 7.19. The van der Waals surface area contributed by atoms with Crippen LogP contribution in [0.5, 0.6) is 0 Å². The number of nitrogens with zero attached hydrogens (tertiary/aromatic N) is 2. The van der Waals surface area contributed by atoms with Crippen molar-refractivity contribution in [3.05, 3.63) is 29.6 Å². The van der Waals surface area contributed by atoms with Crippen molar-refractivity contribution < 1.29 is 4.79 Å². The van der Waals surface area contributed by atoms with E-state index in [2.05, 4.69) is 28.2 Å². The number of nitrogens with one attached hydrogen (secondary N) is 1. The summed E-state index contributed by atoms with van der Waals surface area (Å²) in [6, 6.07) is 4.05. The normalized spacial score (nSPS) is 16.6. The second-order valence-electron chi connectivity index (χ2n) is 5.89. The zero-order valence-electron chi connectivity index (χ0n) is 13.7. The SMILES string of the molecule is CC[C@@H](NC(=O)CSCCN1CCCC1)c1cc(C)ccn1. The van der Waals surface area contributed by atoms with Gasteiger partial charge in [0.15, 0.2) is 0 Å². The number of aromatic nitrogens is 1. The smallest absolute Gasteiger partial charge is 0.230 e. The molecule has 0 radical (unpaired) electrons. The molecular formula is C17H27N3OS. The van der Waals surface area contributed by atoms with Crippen molar-refractivity contribution in [2.24, 2.45) is 0 Å². The van der Waals surface area contributed by atoms with Crippen LogP contribution in [0.15, 0.2) is 18.3 Å². The molecule has 0 aliphatic carbocycles. The van der Waals surface area contributed by atoms with Gasteiger partial charge < -0.3 is 10.2 Å². The van der Waals surface area contributed by atoms with Crippen LogP contribution in [0.4, 0.5) is 0 Å². The van der Waals surface area contributed by atoms with Gasteiger partial charge in [0.1, 0.15) is 0 Å². The average molecular weight is 321 g/mol. The van der Waals surface area contributed by atoms with Gasteiger partial charge in [0.25, 0.3) is 0 Å². The lowest BCUT2D eigenvalue weighted by atomic mass is 10.1. The summed E-state index contributed by atoms with van der Waals surface area (Å²) >= 11 is 1.72. The van der Waals surface area contributed by atoms with Crippen molar-refractivity contribution in [2.45, 2.75) is 39.2 Å². The first-order chi connectivity index (χ1) is 10.7. The van der Waals surface area contributed by atoms with E-state index >= 15 is 0 Å². The van der Waals surface area contributed by atoms with Gasteiger partial charge in [0.05, 0.1) is 17.5 Å². The minimum atomic E-state index is 0.0200. The average Bonchev–Trinajstić information content (AvgIpc) is 3.02. The molecule has 1 aliphatic heterocycles. The predicted octanol–water partition coefficient (Wildman–Crippen LogP) is 2.79. The summed E-state index contributed by atoms with van der Waals surface area (Å²) in [5.41, 5.74) is 2.13. The van der Waals surface area contributed by atoms with Gasteiger partial charge in [-0.15, -0.1) is 0 Å². The third-order valence-electron chi connectivity index (χ3n) is 4.02. The van der Waals surface area contributed by atoms with E-state index in [-0.39, 0.29) is 11.9 Å². The largest absolute Gasteiger partial charge is 0.347 e. The Labute approximate surface area is 138 Å². The van der Waals surface area contributed by atoms with Crippen molar-refractivity contribution in [1.82, 2.24) is 15.2 Å². The van der Waals surface area contributed by atoms with E-state index < -0.39 is 0 Å². The molecule has 5 heteroatoms. The molecular weight excluding hydrogens is 294 g/mol. The van der Waals surface area contributed by atoms with Gasteiger partial charge in [-0.1, -0.05) is 6.92 Å². The fraction of sp³-hybridized carbons (Fsp3) is 0.647. The molecule has 0 spiro atoms. The molecule has 1 aromatic rings. The first kappa shape index (κ1) is 17.3. The second kappa shape index (κ2) is 9.16. The number of hydrogen-bond donors (Lipinski definition) is 1. The maximum atomic E-state index is 12.1. The Morgan fingerprint density at radius 2 is 2.23 bits per heavy atom. The molecule has 1 amide bonds. The Hall–Kier alpha value is -1.07. The van der Waals surface area contributed by atoms with Crippen molar-refractivity contribution in [1.29, 1.82) is 0 Å². The van der Waals surface area contributed by atoms with Crippen LogP contribution in [0.1, 0.15) is 43.5 Å². The number of rotatable bonds is 8. The molecule has 1 saturated heterocycles. The van der Waals surface area contributed by atoms with Crippen molar-refractivity contribution in [3.8, 4) is 0 Å². The van der Waals surface area contributed by atoms with Crippen molar-refractivity contribution >= 4 is 17.7 Å². The number of likely N-dealkylation sites (tertiary alicyclic amines) is 1. The van der Waals surface area contributed by atoms with Crippen LogP contribution in [0, 0.1) is 6.92 Å². The Balaban J connectivity index is 1.70. The number of thioether (sulfide) groups is 1. The topological polar surface area (TPSA) is 45.2 Å². The summed E-state index contributed by atoms with van der Waals surface area (Å²) in [6.07, 6.45) is 5.32. The Bertz CT molecular complexity index is 475. The van der Waals surface area contributed by atoms with Crippen LogP contribution in [0.2, 0.25) is 0 Å². The van der Waals surface area contributed by atoms with Crippen LogP contribution in [0.25, 0.3) is 0 Å². The summed E-state index contributed by atoms with van der Waals surface area (Å²) in [5.74, 6) is 1.69. The molecule has 0 aromatic carbocycles. The highest BCUT2D eigenvalue weighted by atomic mass is 32.2. The van der Waals surface area contributed by atoms with Gasteiger partial charge in [-0.25, -0.2) is 0 Å². The highest BCUT2D eigenvalue weighted by Crippen LogP contribution is 2.15. The second-order valence-corrected chi connectivity index (χ2v) is 6.99. The van der Waals surface area contributed by atoms with Gasteiger partial charge in [-0.2, -0.15) is 11.8 Å². The first-order valence-corrected chi connectivity index (χ1v) is 9.36. The fourth-order valence-corrected chi connectivity index (χ4v) is 3.54. The molecule has 122 valence electrons. The van der Waals surface area contributed by atoms with Crippen LogP contribution < -0.4 is 5.32 Å². The van der Waals surface area contributed by atoms with E-state index in [9.17, 15) is 4.79 Å². The lowest BCUT2D eigenvalue weighted by Crippen LogP contribution is -2.30. The summed E-state index contributed by atoms with van der Waals surface area (Å²) in [7, 11) is 0. The minimum absolute atomic E-state index is 0.0200. The van der Waals surface area contributed by atoms with Gasteiger partial charge in [-0.05, 0) is 57.0 Å². The van der Waals surface area contributed by atoms with E-state index in [1.54, 1.807) is 11.8 Å². The first-order valence-electron chi connectivity index (χ1n) is 8.21. The predicted molar refractivity (Wildman–Crippen MR) is 93.1 cm³/mol. The minimum Gasteiger partial charge on any atom is -0.347 e. The zero-order chi connectivity index (χ0) is 15.8. The zero-order valence-corrected chi connectivity index (χ0v) is 14.5. The van der Waals surface area contributed by atoms with Crippen LogP contribution >= 0.6 is 11.8 Å². The lowest BCUT2D eigenvalue weighted by Gasteiger charge is -2.17. The molecule has 1 atom stereocenters. The molecule has 4 nitrogen and oxygen atoms in total. The van der Waals surface area contributed by atoms with E-state index in [1.165, 1.54) is 31.5 Å². The Morgan fingerprint density at radius 1 is 1.45 bits per heavy atom. The Morgan fingerprint density at radius 3 is 2.91 bits per heavy atom. The van der Waals surface area contributed by atoms with E-state index in [0.717, 1.165) is 24.4 Å². The summed E-state index contributed by atoms with van der Waals surface area (Å²) in [5, 5.41) is 3.10. The summed E-state index contributed by atoms with van der Waals surface area (Å²) in [6.45, 7) is 7.69. The molecule has 0 unspecified atom stereocenters. The molecule has 2 heterocycles. The van der Waals surface area contributed by atoms with Crippen LogP contribution in [0.3, 0.4) is 0 Å². The maximum Gasteiger partial charge on any atom is 0.230 e. The quantitative estimate of drug-likeness (QED) is 0.748. The number of pyridine rings is 1. The van der Waals surface area contributed by atoms with Gasteiger partial charge in [0.2, 0.25) is 5.91 Å². The molecule has 2 rings (SSSR count). The van der Waals surface area contributed by atoms with Crippen LogP contribution in [-0.4, -0.2) is 46.9 Å². The lowest BCUT2D eigenvalue weighted by molar-refractivity contribution is -0.119. The van der Waals surface area contributed by atoms with E-state index in [1.807, 2.05) is 19.2 Å². The molecule has 1 fully saturated rings. The molecule has 0 bridgehead atoms. The van der Waals surface area contributed by atoms with E-state index in [4.69, 9.17) is 0 Å². The van der Waals surface area contributed by atoms with Gasteiger partial charge in [0, 0.05) is 18.5 Å². The maximum absolute atomic E-state index is 12.1. The summed E-state index contributed by atoms with van der Waals surface area (Å²) in [4.78, 5) is 19.0. The molecule has 22 heavy (non-hydrogen) atoms. The monoisotopic (exact) mass is 321 g/mol. The highest BCUT2D eigenvalue weighted by molar-refractivity contribution is 7.99. The number of aryl methyl sites for hydroxylation is 1. The summed E-state index contributed by atoms with van der Waals surface area (Å²) < 4.78 is 0. The number of amides is 1. The highest BCUT2D eigenvalue weighted by Gasteiger charge is 2.15. The van der Waals surface area contributed by atoms with Gasteiger partial charge >= 0.3 is 0 Å². The van der Waals surface area contributed by atoms with Crippen molar-refractivity contribution in [3.63, 3.8) is 0 Å². The fourth-order valence-electron chi connectivity index (χ4n) is 2.74. The molecule has 1 N–H and O–H groups in total. The standard InChI is InChI=1S/C17H27N3OS/c1-3-15(16-12-14(2)6-7-18-16)19-17(21)13-22-11-10-20-8-4-5-9-20/h6-7,12,15H,3-5,8-11,13H2,1-2H3,(H,19,21)/t15-/m1/s1. The molecule has 1 aliphatic rings. The molecule has 1 aromatic heterocycles. The number of hydrogen-bond acceptors (Lipinski definition) is 4. The van der Waals surface area contributed by atoms with Crippen molar-refractivity contribution in [2.75, 3.05) is 31.1 Å².